The molecule has 0 saturated carbocycles. The summed E-state index contributed by atoms with van der Waals surface area (Å²) in [4.78, 5) is 4.36. The zero-order chi connectivity index (χ0) is 9.97. The van der Waals surface area contributed by atoms with Gasteiger partial charge in [0.15, 0.2) is 0 Å². The number of nitrogens with one attached hydrogen (secondary N) is 1. The summed E-state index contributed by atoms with van der Waals surface area (Å²) in [7, 11) is -0.720. The molecule has 0 aliphatic carbocycles. The first kappa shape index (κ1) is 9.86. The number of fused-ring (bicyclic) bond motifs is 1. The molecular formula is C9H15N3OS. The van der Waals surface area contributed by atoms with Gasteiger partial charge in [-0.15, -0.1) is 0 Å². The lowest BCUT2D eigenvalue weighted by Crippen LogP contribution is -2.25. The third kappa shape index (κ3) is 2.04. The van der Waals surface area contributed by atoms with Gasteiger partial charge in [-0.1, -0.05) is 0 Å². The Labute approximate surface area is 86.2 Å². The molecule has 4 nitrogen and oxygen atoms in total. The van der Waals surface area contributed by atoms with Gasteiger partial charge in [-0.05, 0) is 0 Å². The number of aryl methyl sites for hydroxylation is 1. The summed E-state index contributed by atoms with van der Waals surface area (Å²) >= 11 is 0. The predicted molar refractivity (Wildman–Crippen MR) is 56.6 cm³/mol. The molecule has 1 N–H and O–H groups in total. The Bertz CT molecular complexity index is 348. The molecule has 78 valence electrons. The lowest BCUT2D eigenvalue weighted by Gasteiger charge is -2.14. The van der Waals surface area contributed by atoms with Crippen LogP contribution in [0.2, 0.25) is 0 Å². The molecule has 0 bridgehead atoms. The summed E-state index contributed by atoms with van der Waals surface area (Å²) in [6.45, 7) is 2.72. The minimum absolute atomic E-state index is 0.711. The Morgan fingerprint density at radius 2 is 2.57 bits per heavy atom. The molecule has 0 radical (unpaired) electrons. The van der Waals surface area contributed by atoms with Gasteiger partial charge in [0.2, 0.25) is 0 Å². The molecular weight excluding hydrogens is 198 g/mol. The molecule has 5 heteroatoms. The normalized spacial score (nSPS) is 17.8. The van der Waals surface area contributed by atoms with Crippen LogP contribution in [-0.4, -0.2) is 32.3 Å². The van der Waals surface area contributed by atoms with Gasteiger partial charge in [0.05, 0.1) is 17.7 Å². The predicted octanol–water partition coefficient (Wildman–Crippen LogP) is -0.0927. The number of aromatic nitrogens is 2. The number of imidazole rings is 1. The highest BCUT2D eigenvalue weighted by Crippen LogP contribution is 2.11. The number of nitrogens with zero attached hydrogens (tertiary/aromatic N) is 2. The highest BCUT2D eigenvalue weighted by Gasteiger charge is 2.14. The van der Waals surface area contributed by atoms with Gasteiger partial charge in [-0.2, -0.15) is 0 Å². The van der Waals surface area contributed by atoms with E-state index in [0.717, 1.165) is 26.1 Å². The maximum Gasteiger partial charge on any atom is 0.0952 e. The van der Waals surface area contributed by atoms with E-state index in [4.69, 9.17) is 0 Å². The standard InChI is InChI=1S/C9H15N3OS/c1-14(13)5-4-12-7-11-8-2-3-10-6-9(8)12/h7,10H,2-6H2,1H3. The maximum atomic E-state index is 11.0. The van der Waals surface area contributed by atoms with Crippen LogP contribution in [0.3, 0.4) is 0 Å². The molecule has 0 spiro atoms. The monoisotopic (exact) mass is 213 g/mol. The van der Waals surface area contributed by atoms with E-state index < -0.39 is 10.8 Å². The first-order valence-corrected chi connectivity index (χ1v) is 6.53. The van der Waals surface area contributed by atoms with Crippen molar-refractivity contribution in [3.8, 4) is 0 Å². The van der Waals surface area contributed by atoms with Crippen LogP contribution in [0.5, 0.6) is 0 Å². The summed E-state index contributed by atoms with van der Waals surface area (Å²) in [6.07, 6.45) is 4.61. The second kappa shape index (κ2) is 4.23. The van der Waals surface area contributed by atoms with Crippen LogP contribution in [0.1, 0.15) is 11.4 Å². The molecule has 1 aliphatic rings. The minimum Gasteiger partial charge on any atom is -0.332 e. The molecule has 1 aromatic rings. The van der Waals surface area contributed by atoms with Gasteiger partial charge in [0, 0.05) is 48.9 Å². The Kier molecular flexibility index (Phi) is 2.98. The number of rotatable bonds is 3. The van der Waals surface area contributed by atoms with E-state index in [-0.39, 0.29) is 0 Å². The van der Waals surface area contributed by atoms with Crippen LogP contribution in [0.25, 0.3) is 0 Å². The summed E-state index contributed by atoms with van der Waals surface area (Å²) < 4.78 is 13.1. The van der Waals surface area contributed by atoms with E-state index in [1.807, 2.05) is 6.33 Å². The Morgan fingerprint density at radius 3 is 3.36 bits per heavy atom. The number of hydrogen-bond acceptors (Lipinski definition) is 3. The first-order chi connectivity index (χ1) is 6.77. The summed E-state index contributed by atoms with van der Waals surface area (Å²) in [5.41, 5.74) is 2.47. The second-order valence-corrected chi connectivity index (χ2v) is 5.09. The molecule has 0 amide bonds. The largest absolute Gasteiger partial charge is 0.332 e. The van der Waals surface area contributed by atoms with Gasteiger partial charge >= 0.3 is 0 Å². The second-order valence-electron chi connectivity index (χ2n) is 3.54. The van der Waals surface area contributed by atoms with Gasteiger partial charge in [-0.25, -0.2) is 4.98 Å². The molecule has 1 unspecified atom stereocenters. The first-order valence-electron chi connectivity index (χ1n) is 4.81. The van der Waals surface area contributed by atoms with Gasteiger partial charge in [-0.3, -0.25) is 4.21 Å². The zero-order valence-corrected chi connectivity index (χ0v) is 9.14. The fraction of sp³-hybridized carbons (Fsp3) is 0.667. The average Bonchev–Trinajstić information content (AvgIpc) is 2.58. The van der Waals surface area contributed by atoms with Gasteiger partial charge in [0.1, 0.15) is 0 Å². The fourth-order valence-corrected chi connectivity index (χ4v) is 2.15. The molecule has 1 aromatic heterocycles. The maximum absolute atomic E-state index is 11.0. The Balaban J connectivity index is 2.10. The topological polar surface area (TPSA) is 46.9 Å². The van der Waals surface area contributed by atoms with Crippen LogP contribution in [0.4, 0.5) is 0 Å². The number of hydrogen-bond donors (Lipinski definition) is 1. The van der Waals surface area contributed by atoms with E-state index in [0.29, 0.717) is 5.75 Å². The lowest BCUT2D eigenvalue weighted by atomic mass is 10.2. The summed E-state index contributed by atoms with van der Waals surface area (Å²) in [5, 5.41) is 3.32. The third-order valence-corrected chi connectivity index (χ3v) is 3.24. The van der Waals surface area contributed by atoms with Crippen molar-refractivity contribution in [1.29, 1.82) is 0 Å². The van der Waals surface area contributed by atoms with Gasteiger partial charge in [0.25, 0.3) is 0 Å². The van der Waals surface area contributed by atoms with Crippen molar-refractivity contribution in [3.05, 3.63) is 17.7 Å². The molecule has 0 aromatic carbocycles. The van der Waals surface area contributed by atoms with E-state index >= 15 is 0 Å². The summed E-state index contributed by atoms with van der Waals surface area (Å²) in [6, 6.07) is 0. The minimum atomic E-state index is -0.720. The van der Waals surface area contributed by atoms with E-state index in [9.17, 15) is 4.21 Å². The molecule has 0 fully saturated rings. The molecule has 2 heterocycles. The van der Waals surface area contributed by atoms with E-state index in [1.165, 1.54) is 11.4 Å². The third-order valence-electron chi connectivity index (χ3n) is 2.48. The highest BCUT2D eigenvalue weighted by molar-refractivity contribution is 7.84. The fourth-order valence-electron chi connectivity index (χ4n) is 1.69. The average molecular weight is 213 g/mol. The Hall–Kier alpha value is -0.680. The Morgan fingerprint density at radius 1 is 1.71 bits per heavy atom. The van der Waals surface area contributed by atoms with E-state index in [2.05, 4.69) is 14.9 Å². The van der Waals surface area contributed by atoms with Crippen molar-refractivity contribution < 1.29 is 4.21 Å². The smallest absolute Gasteiger partial charge is 0.0952 e. The molecule has 14 heavy (non-hydrogen) atoms. The molecule has 1 aliphatic heterocycles. The van der Waals surface area contributed by atoms with Crippen molar-refractivity contribution in [1.82, 2.24) is 14.9 Å². The molecule has 0 saturated heterocycles. The van der Waals surface area contributed by atoms with Crippen LogP contribution >= 0.6 is 0 Å². The van der Waals surface area contributed by atoms with Crippen LogP contribution in [0, 0.1) is 0 Å². The molecule has 1 atom stereocenters. The van der Waals surface area contributed by atoms with Crippen molar-refractivity contribution in [2.75, 3.05) is 18.6 Å². The van der Waals surface area contributed by atoms with Crippen LogP contribution < -0.4 is 5.32 Å². The van der Waals surface area contributed by atoms with Crippen molar-refractivity contribution in [2.24, 2.45) is 0 Å². The van der Waals surface area contributed by atoms with Gasteiger partial charge < -0.3 is 9.88 Å². The zero-order valence-electron chi connectivity index (χ0n) is 8.32. The quantitative estimate of drug-likeness (QED) is 0.763. The highest BCUT2D eigenvalue weighted by atomic mass is 32.2. The van der Waals surface area contributed by atoms with E-state index in [1.54, 1.807) is 6.26 Å². The SMILES string of the molecule is CS(=O)CCn1cnc2c1CNCC2. The van der Waals surface area contributed by atoms with Crippen molar-refractivity contribution in [2.45, 2.75) is 19.5 Å². The lowest BCUT2D eigenvalue weighted by molar-refractivity contribution is 0.588. The van der Waals surface area contributed by atoms with Crippen LogP contribution in [0.15, 0.2) is 6.33 Å². The molecule has 2 rings (SSSR count). The van der Waals surface area contributed by atoms with Crippen molar-refractivity contribution >= 4 is 10.8 Å². The van der Waals surface area contributed by atoms with Crippen LogP contribution in [-0.2, 0) is 30.3 Å². The van der Waals surface area contributed by atoms with Crippen molar-refractivity contribution in [3.63, 3.8) is 0 Å². The summed E-state index contributed by atoms with van der Waals surface area (Å²) in [5.74, 6) is 0.711.